The molecular weight excluding hydrogens is 262 g/mol. The maximum Gasteiger partial charge on any atom is 0.258 e. The number of carbonyl (C=O) groups excluding carboxylic acids is 1. The average Bonchev–Trinajstić information content (AvgIpc) is 2.41. The summed E-state index contributed by atoms with van der Waals surface area (Å²) in [5, 5.41) is 9.81. The summed E-state index contributed by atoms with van der Waals surface area (Å²) in [5.74, 6) is 0.0237. The molecule has 1 amide bonds. The van der Waals surface area contributed by atoms with Crippen molar-refractivity contribution in [1.29, 1.82) is 0 Å². The van der Waals surface area contributed by atoms with Crippen molar-refractivity contribution < 1.29 is 9.90 Å². The second-order valence-electron chi connectivity index (χ2n) is 4.34. The number of aryl methyl sites for hydroxylation is 1. The predicted molar refractivity (Wildman–Crippen MR) is 77.0 cm³/mol. The Morgan fingerprint density at radius 3 is 2.37 bits per heavy atom. The summed E-state index contributed by atoms with van der Waals surface area (Å²) in [5.41, 5.74) is 2.18. The van der Waals surface area contributed by atoms with Crippen molar-refractivity contribution in [3.8, 4) is 5.75 Å². The zero-order chi connectivity index (χ0) is 14.0. The van der Waals surface area contributed by atoms with Gasteiger partial charge in [0.2, 0.25) is 0 Å². The zero-order valence-corrected chi connectivity index (χ0v) is 11.5. The van der Waals surface area contributed by atoms with Crippen molar-refractivity contribution in [3.63, 3.8) is 0 Å². The number of phenols is 1. The fourth-order valence-electron chi connectivity index (χ4n) is 1.71. The molecule has 0 spiro atoms. The Labute approximate surface area is 117 Å². The quantitative estimate of drug-likeness (QED) is 0.909. The maximum atomic E-state index is 12.3. The van der Waals surface area contributed by atoms with Gasteiger partial charge < -0.3 is 10.0 Å². The highest BCUT2D eigenvalue weighted by Gasteiger charge is 2.14. The SMILES string of the molecule is Cc1ccc(C(=O)N(C)c2ccc(O)cc2)cc1Cl. The van der Waals surface area contributed by atoms with Gasteiger partial charge in [-0.3, -0.25) is 4.79 Å². The standard InChI is InChI=1S/C15H14ClNO2/c1-10-3-4-11(9-14(10)16)15(19)17(2)12-5-7-13(18)8-6-12/h3-9,18H,1-2H3. The Balaban J connectivity index is 2.28. The van der Waals surface area contributed by atoms with Gasteiger partial charge in [0.15, 0.2) is 0 Å². The second kappa shape index (κ2) is 5.33. The fourth-order valence-corrected chi connectivity index (χ4v) is 1.89. The molecule has 0 unspecified atom stereocenters. The molecule has 0 atom stereocenters. The zero-order valence-electron chi connectivity index (χ0n) is 10.7. The first-order chi connectivity index (χ1) is 8.99. The normalized spacial score (nSPS) is 10.3. The molecule has 0 aliphatic carbocycles. The van der Waals surface area contributed by atoms with E-state index in [-0.39, 0.29) is 11.7 Å². The van der Waals surface area contributed by atoms with Crippen molar-refractivity contribution in [1.82, 2.24) is 0 Å². The van der Waals surface area contributed by atoms with Gasteiger partial charge in [0, 0.05) is 23.3 Å². The number of phenolic OH excluding ortho intramolecular Hbond substituents is 1. The molecule has 2 aromatic rings. The van der Waals surface area contributed by atoms with Gasteiger partial charge >= 0.3 is 0 Å². The van der Waals surface area contributed by atoms with Crippen LogP contribution in [0.15, 0.2) is 42.5 Å². The van der Waals surface area contributed by atoms with Crippen LogP contribution < -0.4 is 4.90 Å². The monoisotopic (exact) mass is 275 g/mol. The minimum atomic E-state index is -0.146. The number of hydrogen-bond acceptors (Lipinski definition) is 2. The minimum absolute atomic E-state index is 0.146. The molecule has 0 saturated heterocycles. The molecule has 2 aromatic carbocycles. The van der Waals surface area contributed by atoms with Gasteiger partial charge in [-0.15, -0.1) is 0 Å². The Morgan fingerprint density at radius 2 is 1.79 bits per heavy atom. The van der Waals surface area contributed by atoms with Gasteiger partial charge in [-0.1, -0.05) is 17.7 Å². The lowest BCUT2D eigenvalue weighted by Gasteiger charge is -2.17. The van der Waals surface area contributed by atoms with Crippen molar-refractivity contribution >= 4 is 23.2 Å². The van der Waals surface area contributed by atoms with Gasteiger partial charge in [0.05, 0.1) is 0 Å². The van der Waals surface area contributed by atoms with Crippen LogP contribution in [-0.4, -0.2) is 18.1 Å². The topological polar surface area (TPSA) is 40.5 Å². The van der Waals surface area contributed by atoms with Gasteiger partial charge in [0.1, 0.15) is 5.75 Å². The molecule has 0 saturated carbocycles. The number of anilines is 1. The summed E-state index contributed by atoms with van der Waals surface area (Å²) in [4.78, 5) is 13.8. The number of carbonyl (C=O) groups is 1. The van der Waals surface area contributed by atoms with E-state index in [0.717, 1.165) is 5.56 Å². The van der Waals surface area contributed by atoms with Gasteiger partial charge in [0.25, 0.3) is 5.91 Å². The number of aromatic hydroxyl groups is 1. The molecule has 1 N–H and O–H groups in total. The molecule has 0 aliphatic rings. The second-order valence-corrected chi connectivity index (χ2v) is 4.75. The molecule has 0 heterocycles. The van der Waals surface area contributed by atoms with Crippen LogP contribution in [0.5, 0.6) is 5.75 Å². The third-order valence-electron chi connectivity index (χ3n) is 2.96. The largest absolute Gasteiger partial charge is 0.508 e. The number of rotatable bonds is 2. The van der Waals surface area contributed by atoms with Crippen molar-refractivity contribution in [2.45, 2.75) is 6.92 Å². The number of benzene rings is 2. The lowest BCUT2D eigenvalue weighted by molar-refractivity contribution is 0.0993. The van der Waals surface area contributed by atoms with E-state index in [1.807, 2.05) is 13.0 Å². The van der Waals surface area contributed by atoms with Crippen molar-refractivity contribution in [2.24, 2.45) is 0 Å². The van der Waals surface area contributed by atoms with Crippen LogP contribution in [0.1, 0.15) is 15.9 Å². The van der Waals surface area contributed by atoms with E-state index in [1.54, 1.807) is 43.4 Å². The summed E-state index contributed by atoms with van der Waals surface area (Å²) in [7, 11) is 1.68. The van der Waals surface area contributed by atoms with Gasteiger partial charge in [-0.2, -0.15) is 0 Å². The first kappa shape index (κ1) is 13.4. The lowest BCUT2D eigenvalue weighted by Crippen LogP contribution is -2.26. The van der Waals surface area contributed by atoms with Crippen LogP contribution in [0.2, 0.25) is 5.02 Å². The van der Waals surface area contributed by atoms with Crippen LogP contribution in [0.3, 0.4) is 0 Å². The number of hydrogen-bond donors (Lipinski definition) is 1. The summed E-state index contributed by atoms with van der Waals surface area (Å²) in [6, 6.07) is 11.7. The van der Waals surface area contributed by atoms with Crippen LogP contribution in [0.4, 0.5) is 5.69 Å². The Bertz CT molecular complexity index is 608. The number of nitrogens with zero attached hydrogens (tertiary/aromatic N) is 1. The van der Waals surface area contributed by atoms with E-state index in [0.29, 0.717) is 16.3 Å². The van der Waals surface area contributed by atoms with Crippen LogP contribution >= 0.6 is 11.6 Å². The minimum Gasteiger partial charge on any atom is -0.508 e. The van der Waals surface area contributed by atoms with E-state index in [1.165, 1.54) is 4.90 Å². The smallest absolute Gasteiger partial charge is 0.258 e. The number of amides is 1. The summed E-state index contributed by atoms with van der Waals surface area (Å²) in [6.07, 6.45) is 0. The van der Waals surface area contributed by atoms with E-state index in [2.05, 4.69) is 0 Å². The third kappa shape index (κ3) is 2.88. The summed E-state index contributed by atoms with van der Waals surface area (Å²) >= 11 is 6.03. The Hall–Kier alpha value is -2.00. The molecular formula is C15H14ClNO2. The highest BCUT2D eigenvalue weighted by molar-refractivity contribution is 6.31. The summed E-state index contributed by atoms with van der Waals surface area (Å²) < 4.78 is 0. The van der Waals surface area contributed by atoms with Crippen LogP contribution in [0, 0.1) is 6.92 Å². The third-order valence-corrected chi connectivity index (χ3v) is 3.37. The maximum absolute atomic E-state index is 12.3. The van der Waals surface area contributed by atoms with Crippen molar-refractivity contribution in [2.75, 3.05) is 11.9 Å². The highest BCUT2D eigenvalue weighted by Crippen LogP contribution is 2.21. The van der Waals surface area contributed by atoms with E-state index < -0.39 is 0 Å². The van der Waals surface area contributed by atoms with Gasteiger partial charge in [-0.25, -0.2) is 0 Å². The predicted octanol–water partition coefficient (Wildman–Crippen LogP) is 3.63. The van der Waals surface area contributed by atoms with Crippen LogP contribution in [-0.2, 0) is 0 Å². The molecule has 98 valence electrons. The van der Waals surface area contributed by atoms with Gasteiger partial charge in [-0.05, 0) is 48.9 Å². The Morgan fingerprint density at radius 1 is 1.16 bits per heavy atom. The van der Waals surface area contributed by atoms with Crippen LogP contribution in [0.25, 0.3) is 0 Å². The Kier molecular flexibility index (Phi) is 3.76. The molecule has 3 nitrogen and oxygen atoms in total. The average molecular weight is 276 g/mol. The molecule has 4 heteroatoms. The number of halogens is 1. The molecule has 0 bridgehead atoms. The van der Waals surface area contributed by atoms with E-state index >= 15 is 0 Å². The first-order valence-electron chi connectivity index (χ1n) is 5.82. The molecule has 0 aromatic heterocycles. The fraction of sp³-hybridized carbons (Fsp3) is 0.133. The summed E-state index contributed by atoms with van der Waals surface area (Å²) in [6.45, 7) is 1.89. The molecule has 0 fully saturated rings. The van der Waals surface area contributed by atoms with E-state index in [9.17, 15) is 9.90 Å². The molecule has 0 aliphatic heterocycles. The first-order valence-corrected chi connectivity index (χ1v) is 6.20. The molecule has 0 radical (unpaired) electrons. The lowest BCUT2D eigenvalue weighted by atomic mass is 10.1. The molecule has 19 heavy (non-hydrogen) atoms. The molecule has 2 rings (SSSR count). The van der Waals surface area contributed by atoms with E-state index in [4.69, 9.17) is 11.6 Å². The highest BCUT2D eigenvalue weighted by atomic mass is 35.5. The van der Waals surface area contributed by atoms with Crippen molar-refractivity contribution in [3.05, 3.63) is 58.6 Å².